The highest BCUT2D eigenvalue weighted by atomic mass is 16.5. The van der Waals surface area contributed by atoms with Gasteiger partial charge in [-0.1, -0.05) is 24.3 Å². The van der Waals surface area contributed by atoms with Gasteiger partial charge < -0.3 is 20.1 Å². The van der Waals surface area contributed by atoms with Gasteiger partial charge in [0.15, 0.2) is 0 Å². The smallest absolute Gasteiger partial charge is 0.243 e. The number of ether oxygens (including phenoxy) is 2. The molecule has 0 bridgehead atoms. The van der Waals surface area contributed by atoms with E-state index in [-0.39, 0.29) is 12.5 Å². The third-order valence-electron chi connectivity index (χ3n) is 3.32. The topological polar surface area (TPSA) is 59.6 Å². The van der Waals surface area contributed by atoms with Crippen LogP contribution in [0, 0.1) is 6.92 Å². The minimum atomic E-state index is -0.107. The fourth-order valence-corrected chi connectivity index (χ4v) is 2.20. The van der Waals surface area contributed by atoms with Crippen molar-refractivity contribution in [2.45, 2.75) is 13.8 Å². The number of anilines is 2. The van der Waals surface area contributed by atoms with E-state index in [4.69, 9.17) is 9.47 Å². The number of hydrogen-bond acceptors (Lipinski definition) is 4. The van der Waals surface area contributed by atoms with Crippen molar-refractivity contribution >= 4 is 17.3 Å². The monoisotopic (exact) mass is 328 g/mol. The summed E-state index contributed by atoms with van der Waals surface area (Å²) in [6, 6.07) is 15.3. The summed E-state index contributed by atoms with van der Waals surface area (Å²) in [4.78, 5) is 12.1. The van der Waals surface area contributed by atoms with Gasteiger partial charge in [0.25, 0.3) is 0 Å². The third kappa shape index (κ3) is 5.93. The second kappa shape index (κ2) is 9.57. The first-order valence-corrected chi connectivity index (χ1v) is 8.09. The van der Waals surface area contributed by atoms with Gasteiger partial charge in [0.1, 0.15) is 12.4 Å². The number of benzene rings is 2. The summed E-state index contributed by atoms with van der Waals surface area (Å²) in [7, 11) is 0. The minimum absolute atomic E-state index is 0.107. The number of aryl methyl sites for hydroxylation is 1. The molecule has 0 heterocycles. The van der Waals surface area contributed by atoms with Crippen molar-refractivity contribution in [2.75, 3.05) is 37.0 Å². The maximum atomic E-state index is 12.1. The molecule has 24 heavy (non-hydrogen) atoms. The molecule has 1 amide bonds. The lowest BCUT2D eigenvalue weighted by Gasteiger charge is -2.13. The fraction of sp³-hybridized carbons (Fsp3) is 0.316. The van der Waals surface area contributed by atoms with E-state index < -0.39 is 0 Å². The van der Waals surface area contributed by atoms with Gasteiger partial charge in [-0.3, -0.25) is 4.79 Å². The van der Waals surface area contributed by atoms with E-state index in [0.29, 0.717) is 25.6 Å². The molecular weight excluding hydrogens is 304 g/mol. The molecule has 0 fully saturated rings. The van der Waals surface area contributed by atoms with Gasteiger partial charge in [0.2, 0.25) is 5.91 Å². The quantitative estimate of drug-likeness (QED) is 0.692. The Hall–Kier alpha value is -2.53. The lowest BCUT2D eigenvalue weighted by molar-refractivity contribution is -0.114. The molecule has 2 rings (SSSR count). The molecule has 0 saturated carbocycles. The van der Waals surface area contributed by atoms with Gasteiger partial charge in [-0.05, 0) is 43.7 Å². The highest BCUT2D eigenvalue weighted by Crippen LogP contribution is 2.23. The summed E-state index contributed by atoms with van der Waals surface area (Å²) in [6.07, 6.45) is 0. The molecule has 5 heteroatoms. The lowest BCUT2D eigenvalue weighted by atomic mass is 10.2. The molecule has 0 aliphatic rings. The third-order valence-corrected chi connectivity index (χ3v) is 3.32. The zero-order valence-corrected chi connectivity index (χ0v) is 14.2. The number of rotatable bonds is 9. The van der Waals surface area contributed by atoms with Crippen LogP contribution >= 0.6 is 0 Å². The van der Waals surface area contributed by atoms with Crippen LogP contribution in [0.1, 0.15) is 12.5 Å². The number of para-hydroxylation sites is 2. The summed E-state index contributed by atoms with van der Waals surface area (Å²) in [6.45, 7) is 5.79. The Labute approximate surface area is 143 Å². The molecule has 0 aliphatic carbocycles. The zero-order chi connectivity index (χ0) is 17.2. The maximum Gasteiger partial charge on any atom is 0.243 e. The Balaban J connectivity index is 1.85. The number of amides is 1. The van der Waals surface area contributed by atoms with E-state index in [1.165, 1.54) is 0 Å². The largest absolute Gasteiger partial charge is 0.489 e. The van der Waals surface area contributed by atoms with Crippen LogP contribution in [-0.4, -0.2) is 32.3 Å². The number of nitrogens with one attached hydrogen (secondary N) is 2. The normalized spacial score (nSPS) is 10.2. The molecule has 0 radical (unpaired) electrons. The molecule has 5 nitrogen and oxygen atoms in total. The van der Waals surface area contributed by atoms with Crippen molar-refractivity contribution in [3.8, 4) is 5.75 Å². The van der Waals surface area contributed by atoms with Crippen molar-refractivity contribution in [3.63, 3.8) is 0 Å². The summed E-state index contributed by atoms with van der Waals surface area (Å²) in [5, 5.41) is 5.98. The van der Waals surface area contributed by atoms with Crippen LogP contribution in [0.4, 0.5) is 11.4 Å². The Bertz CT molecular complexity index is 659. The molecule has 0 atom stereocenters. The maximum absolute atomic E-state index is 12.1. The molecule has 0 aromatic heterocycles. The van der Waals surface area contributed by atoms with Crippen LogP contribution in [0.3, 0.4) is 0 Å². The summed E-state index contributed by atoms with van der Waals surface area (Å²) in [5.74, 6) is 0.602. The van der Waals surface area contributed by atoms with Crippen molar-refractivity contribution in [1.29, 1.82) is 0 Å². The number of hydrogen-bond donors (Lipinski definition) is 2. The van der Waals surface area contributed by atoms with Crippen molar-refractivity contribution in [3.05, 3.63) is 54.1 Å². The summed E-state index contributed by atoms with van der Waals surface area (Å²) < 4.78 is 10.9. The Morgan fingerprint density at radius 1 is 1.08 bits per heavy atom. The first-order valence-electron chi connectivity index (χ1n) is 8.09. The van der Waals surface area contributed by atoms with Crippen LogP contribution in [0.2, 0.25) is 0 Å². The molecule has 2 aromatic rings. The first-order chi connectivity index (χ1) is 11.7. The Morgan fingerprint density at radius 3 is 2.71 bits per heavy atom. The number of carbonyl (C=O) groups is 1. The average molecular weight is 328 g/mol. The van der Waals surface area contributed by atoms with Gasteiger partial charge in [-0.15, -0.1) is 0 Å². The lowest BCUT2D eigenvalue weighted by Crippen LogP contribution is -2.22. The van der Waals surface area contributed by atoms with E-state index in [0.717, 1.165) is 16.9 Å². The van der Waals surface area contributed by atoms with E-state index in [9.17, 15) is 4.79 Å². The SMILES string of the molecule is CCOCCOc1ccccc1NCC(=O)Nc1cccc(C)c1. The van der Waals surface area contributed by atoms with Gasteiger partial charge >= 0.3 is 0 Å². The molecule has 2 aromatic carbocycles. The molecule has 0 saturated heterocycles. The van der Waals surface area contributed by atoms with Crippen molar-refractivity contribution in [1.82, 2.24) is 0 Å². The van der Waals surface area contributed by atoms with Gasteiger partial charge in [0, 0.05) is 12.3 Å². The van der Waals surface area contributed by atoms with E-state index in [1.54, 1.807) is 0 Å². The zero-order valence-electron chi connectivity index (χ0n) is 14.2. The molecule has 128 valence electrons. The number of carbonyl (C=O) groups excluding carboxylic acids is 1. The Morgan fingerprint density at radius 2 is 1.92 bits per heavy atom. The minimum Gasteiger partial charge on any atom is -0.489 e. The molecule has 0 unspecified atom stereocenters. The van der Waals surface area contributed by atoms with Crippen molar-refractivity contribution < 1.29 is 14.3 Å². The Kier molecular flexibility index (Phi) is 7.11. The van der Waals surface area contributed by atoms with Crippen LogP contribution in [-0.2, 0) is 9.53 Å². The van der Waals surface area contributed by atoms with E-state index >= 15 is 0 Å². The van der Waals surface area contributed by atoms with Gasteiger partial charge in [-0.25, -0.2) is 0 Å². The van der Waals surface area contributed by atoms with Crippen LogP contribution in [0.15, 0.2) is 48.5 Å². The summed E-state index contributed by atoms with van der Waals surface area (Å²) in [5.41, 5.74) is 2.69. The average Bonchev–Trinajstić information content (AvgIpc) is 2.58. The van der Waals surface area contributed by atoms with Crippen LogP contribution in [0.5, 0.6) is 5.75 Å². The first kappa shape index (κ1) is 17.8. The van der Waals surface area contributed by atoms with Crippen LogP contribution in [0.25, 0.3) is 0 Å². The predicted octanol–water partition coefficient (Wildman–Crippen LogP) is 3.46. The van der Waals surface area contributed by atoms with Crippen molar-refractivity contribution in [2.24, 2.45) is 0 Å². The van der Waals surface area contributed by atoms with Gasteiger partial charge in [-0.2, -0.15) is 0 Å². The van der Waals surface area contributed by atoms with Crippen LogP contribution < -0.4 is 15.4 Å². The second-order valence-corrected chi connectivity index (χ2v) is 5.31. The predicted molar refractivity (Wildman–Crippen MR) is 96.7 cm³/mol. The highest BCUT2D eigenvalue weighted by molar-refractivity contribution is 5.94. The molecule has 0 spiro atoms. The molecule has 2 N–H and O–H groups in total. The molecular formula is C19H24N2O3. The molecule has 0 aliphatic heterocycles. The summed E-state index contributed by atoms with van der Waals surface area (Å²) >= 11 is 0. The van der Waals surface area contributed by atoms with Gasteiger partial charge in [0.05, 0.1) is 18.8 Å². The van der Waals surface area contributed by atoms with E-state index in [2.05, 4.69) is 10.6 Å². The van der Waals surface area contributed by atoms with E-state index in [1.807, 2.05) is 62.4 Å². The highest BCUT2D eigenvalue weighted by Gasteiger charge is 2.06. The fourth-order valence-electron chi connectivity index (χ4n) is 2.20. The standard InChI is InChI=1S/C19H24N2O3/c1-3-23-11-12-24-18-10-5-4-9-17(18)20-14-19(22)21-16-8-6-7-15(2)13-16/h4-10,13,20H,3,11-12,14H2,1-2H3,(H,21,22). The second-order valence-electron chi connectivity index (χ2n) is 5.31.